The van der Waals surface area contributed by atoms with Crippen molar-refractivity contribution in [2.75, 3.05) is 0 Å². The summed E-state index contributed by atoms with van der Waals surface area (Å²) in [6.45, 7) is 5.43. The van der Waals surface area contributed by atoms with E-state index in [-0.39, 0.29) is 0 Å². The Morgan fingerprint density at radius 2 is 2.00 bits per heavy atom. The van der Waals surface area contributed by atoms with Crippen molar-refractivity contribution >= 4 is 15.9 Å². The molecule has 1 heterocycles. The third kappa shape index (κ3) is 4.58. The van der Waals surface area contributed by atoms with Gasteiger partial charge in [0.25, 0.3) is 0 Å². The van der Waals surface area contributed by atoms with E-state index < -0.39 is 0 Å². The number of nitrogens with zero attached hydrogens (tertiary/aromatic N) is 2. The average Bonchev–Trinajstić information content (AvgIpc) is 2.46. The first-order valence-corrected chi connectivity index (χ1v) is 7.35. The van der Waals surface area contributed by atoms with Gasteiger partial charge in [-0.05, 0) is 29.8 Å². The number of nitrogens with one attached hydrogen (secondary N) is 1. The Kier molecular flexibility index (Phi) is 5.49. The van der Waals surface area contributed by atoms with E-state index in [0.29, 0.717) is 18.5 Å². The highest BCUT2D eigenvalue weighted by Gasteiger charge is 2.04. The van der Waals surface area contributed by atoms with Crippen LogP contribution in [0.3, 0.4) is 0 Å². The van der Waals surface area contributed by atoms with Gasteiger partial charge < -0.3 is 10.1 Å². The summed E-state index contributed by atoms with van der Waals surface area (Å²) in [5.41, 5.74) is 1.17. The van der Waals surface area contributed by atoms with Crippen LogP contribution in [0.2, 0.25) is 0 Å². The highest BCUT2D eigenvalue weighted by atomic mass is 79.9. The van der Waals surface area contributed by atoms with Gasteiger partial charge in [-0.15, -0.1) is 0 Å². The maximum absolute atomic E-state index is 5.72. The summed E-state index contributed by atoms with van der Waals surface area (Å²) >= 11 is 3.56. The minimum atomic E-state index is 0.375. The van der Waals surface area contributed by atoms with Gasteiger partial charge in [-0.3, -0.25) is 0 Å². The molecule has 0 aliphatic rings. The van der Waals surface area contributed by atoms with Gasteiger partial charge in [-0.25, -0.2) is 9.97 Å². The van der Waals surface area contributed by atoms with Gasteiger partial charge in [0.2, 0.25) is 0 Å². The Morgan fingerprint density at radius 3 is 2.70 bits per heavy atom. The molecule has 5 heteroatoms. The molecule has 1 aromatic carbocycles. The lowest BCUT2D eigenvalue weighted by atomic mass is 10.2. The van der Waals surface area contributed by atoms with E-state index in [1.54, 1.807) is 18.5 Å². The van der Waals surface area contributed by atoms with E-state index >= 15 is 0 Å². The second-order valence-electron chi connectivity index (χ2n) is 4.74. The minimum Gasteiger partial charge on any atom is -0.486 e. The normalized spacial score (nSPS) is 10.8. The molecule has 0 saturated carbocycles. The molecular weight excluding hydrogens is 318 g/mol. The second-order valence-corrected chi connectivity index (χ2v) is 5.60. The summed E-state index contributed by atoms with van der Waals surface area (Å²) < 4.78 is 6.80. The molecule has 1 N–H and O–H groups in total. The van der Waals surface area contributed by atoms with Gasteiger partial charge in [0.1, 0.15) is 12.4 Å². The van der Waals surface area contributed by atoms with E-state index in [1.807, 2.05) is 18.2 Å². The maximum atomic E-state index is 5.72. The van der Waals surface area contributed by atoms with Gasteiger partial charge >= 0.3 is 0 Å². The van der Waals surface area contributed by atoms with Crippen LogP contribution in [-0.4, -0.2) is 16.0 Å². The lowest BCUT2D eigenvalue weighted by Gasteiger charge is -2.12. The van der Waals surface area contributed by atoms with Crippen LogP contribution in [0, 0.1) is 0 Å². The van der Waals surface area contributed by atoms with Gasteiger partial charge in [-0.1, -0.05) is 29.8 Å². The quantitative estimate of drug-likeness (QED) is 0.879. The largest absolute Gasteiger partial charge is 0.486 e. The first kappa shape index (κ1) is 14.9. The zero-order valence-electron chi connectivity index (χ0n) is 11.6. The summed E-state index contributed by atoms with van der Waals surface area (Å²) in [4.78, 5) is 8.27. The number of rotatable bonds is 6. The molecule has 0 radical (unpaired) electrons. The van der Waals surface area contributed by atoms with E-state index in [9.17, 15) is 0 Å². The third-order valence-electron chi connectivity index (χ3n) is 2.71. The van der Waals surface area contributed by atoms with Crippen LogP contribution in [0.25, 0.3) is 0 Å². The van der Waals surface area contributed by atoms with Crippen LogP contribution >= 0.6 is 15.9 Å². The predicted molar refractivity (Wildman–Crippen MR) is 82.5 cm³/mol. The fourth-order valence-electron chi connectivity index (χ4n) is 1.64. The predicted octanol–water partition coefficient (Wildman–Crippen LogP) is 3.32. The van der Waals surface area contributed by atoms with Crippen molar-refractivity contribution < 1.29 is 4.74 Å². The molecule has 1 aromatic heterocycles. The second kappa shape index (κ2) is 7.36. The SMILES string of the molecule is CC(C)NCc1cc(OCc2ncccn2)ccc1Br. The van der Waals surface area contributed by atoms with Gasteiger partial charge in [0.15, 0.2) is 5.82 Å². The van der Waals surface area contributed by atoms with Crippen LogP contribution in [0.5, 0.6) is 5.75 Å². The summed E-state index contributed by atoms with van der Waals surface area (Å²) in [5.74, 6) is 1.50. The standard InChI is InChI=1S/C15H18BrN3O/c1-11(2)19-9-12-8-13(4-5-14(12)16)20-10-15-17-6-3-7-18-15/h3-8,11,19H,9-10H2,1-2H3. The molecule has 0 amide bonds. The van der Waals surface area contributed by atoms with Crippen LogP contribution in [0.1, 0.15) is 25.2 Å². The highest BCUT2D eigenvalue weighted by molar-refractivity contribution is 9.10. The molecule has 2 rings (SSSR count). The lowest BCUT2D eigenvalue weighted by molar-refractivity contribution is 0.295. The third-order valence-corrected chi connectivity index (χ3v) is 3.48. The molecular formula is C15H18BrN3O. The number of aromatic nitrogens is 2. The molecule has 106 valence electrons. The minimum absolute atomic E-state index is 0.375. The lowest BCUT2D eigenvalue weighted by Crippen LogP contribution is -2.22. The topological polar surface area (TPSA) is 47.0 Å². The molecule has 0 fully saturated rings. The number of benzene rings is 1. The summed E-state index contributed by atoms with van der Waals surface area (Å²) in [7, 11) is 0. The summed E-state index contributed by atoms with van der Waals surface area (Å²) in [6, 6.07) is 8.20. The summed E-state index contributed by atoms with van der Waals surface area (Å²) in [5, 5.41) is 3.39. The summed E-state index contributed by atoms with van der Waals surface area (Å²) in [6.07, 6.45) is 3.43. The molecule has 2 aromatic rings. The first-order valence-electron chi connectivity index (χ1n) is 6.55. The van der Waals surface area contributed by atoms with Gasteiger partial charge in [0.05, 0.1) is 0 Å². The molecule has 20 heavy (non-hydrogen) atoms. The Bertz CT molecular complexity index is 546. The molecule has 0 aliphatic carbocycles. The van der Waals surface area contributed by atoms with Crippen LogP contribution in [0.4, 0.5) is 0 Å². The highest BCUT2D eigenvalue weighted by Crippen LogP contribution is 2.23. The van der Waals surface area contributed by atoms with E-state index in [1.165, 1.54) is 5.56 Å². The molecule has 4 nitrogen and oxygen atoms in total. The zero-order valence-corrected chi connectivity index (χ0v) is 13.2. The number of hydrogen-bond acceptors (Lipinski definition) is 4. The van der Waals surface area contributed by atoms with Crippen molar-refractivity contribution in [3.63, 3.8) is 0 Å². The Morgan fingerprint density at radius 1 is 1.25 bits per heavy atom. The maximum Gasteiger partial charge on any atom is 0.166 e. The molecule has 0 aliphatic heterocycles. The van der Waals surface area contributed by atoms with Crippen molar-refractivity contribution in [1.29, 1.82) is 0 Å². The van der Waals surface area contributed by atoms with Gasteiger partial charge in [0, 0.05) is 29.5 Å². The Hall–Kier alpha value is -1.46. The van der Waals surface area contributed by atoms with Gasteiger partial charge in [-0.2, -0.15) is 0 Å². The fourth-order valence-corrected chi connectivity index (χ4v) is 2.03. The first-order chi connectivity index (χ1) is 9.65. The monoisotopic (exact) mass is 335 g/mol. The molecule has 0 bridgehead atoms. The number of hydrogen-bond donors (Lipinski definition) is 1. The van der Waals surface area contributed by atoms with Crippen molar-refractivity contribution in [2.24, 2.45) is 0 Å². The number of halogens is 1. The van der Waals surface area contributed by atoms with Crippen LogP contribution in [0.15, 0.2) is 41.1 Å². The number of ether oxygens (including phenoxy) is 1. The molecule has 0 unspecified atom stereocenters. The van der Waals surface area contributed by atoms with Crippen LogP contribution < -0.4 is 10.1 Å². The Balaban J connectivity index is 2.00. The van der Waals surface area contributed by atoms with E-state index in [0.717, 1.165) is 16.8 Å². The Labute approximate surface area is 127 Å². The van der Waals surface area contributed by atoms with E-state index in [2.05, 4.69) is 45.1 Å². The van der Waals surface area contributed by atoms with Crippen molar-refractivity contribution in [3.05, 3.63) is 52.5 Å². The van der Waals surface area contributed by atoms with Crippen molar-refractivity contribution in [3.8, 4) is 5.75 Å². The molecule has 0 spiro atoms. The van der Waals surface area contributed by atoms with E-state index in [4.69, 9.17) is 4.74 Å². The van der Waals surface area contributed by atoms with Crippen molar-refractivity contribution in [2.45, 2.75) is 33.0 Å². The molecule has 0 saturated heterocycles. The molecule has 0 atom stereocenters. The van der Waals surface area contributed by atoms with Crippen LogP contribution in [-0.2, 0) is 13.2 Å². The average molecular weight is 336 g/mol. The fraction of sp³-hybridized carbons (Fsp3) is 0.333. The smallest absolute Gasteiger partial charge is 0.166 e. The zero-order chi connectivity index (χ0) is 14.4. The van der Waals surface area contributed by atoms with Crippen molar-refractivity contribution in [1.82, 2.24) is 15.3 Å².